The maximum absolute atomic E-state index is 8.00. The third kappa shape index (κ3) is 2.18. The zero-order chi connectivity index (χ0) is 8.81. The molecule has 1 rings (SSSR count). The maximum Gasteiger partial charge on any atom is 0.0443 e. The summed E-state index contributed by atoms with van der Waals surface area (Å²) >= 11 is 0. The van der Waals surface area contributed by atoms with Crippen LogP contribution in [0.25, 0.3) is 16.5 Å². The van der Waals surface area contributed by atoms with E-state index in [-0.39, 0.29) is 0 Å². The van der Waals surface area contributed by atoms with E-state index >= 15 is 0 Å². The average Bonchev–Trinajstić information content (AvgIpc) is 2.46. The van der Waals surface area contributed by atoms with Crippen LogP contribution in [0.3, 0.4) is 0 Å². The lowest BCUT2D eigenvalue weighted by Crippen LogP contribution is -1.86. The van der Waals surface area contributed by atoms with Crippen molar-refractivity contribution in [3.63, 3.8) is 0 Å². The zero-order valence-electron chi connectivity index (χ0n) is 6.88. The number of hydrogen-bond acceptors (Lipinski definition) is 1. The molecule has 0 N–H and O–H groups in total. The number of aromatic nitrogens is 1. The van der Waals surface area contributed by atoms with Crippen LogP contribution in [0.5, 0.6) is 0 Å². The SMILES string of the molecule is Cn1cccc1C=CCN=[N+]=[N-]. The van der Waals surface area contributed by atoms with Crippen molar-refractivity contribution in [1.29, 1.82) is 0 Å². The molecule has 0 spiro atoms. The van der Waals surface area contributed by atoms with Gasteiger partial charge in [0.2, 0.25) is 0 Å². The molecular weight excluding hydrogens is 152 g/mol. The molecule has 0 bridgehead atoms. The molecule has 12 heavy (non-hydrogen) atoms. The van der Waals surface area contributed by atoms with Gasteiger partial charge in [-0.15, -0.1) is 0 Å². The lowest BCUT2D eigenvalue weighted by molar-refractivity contribution is 0.914. The smallest absolute Gasteiger partial charge is 0.0443 e. The molecule has 0 aliphatic carbocycles. The molecule has 0 saturated heterocycles. The van der Waals surface area contributed by atoms with Crippen LogP contribution in [0.4, 0.5) is 0 Å². The van der Waals surface area contributed by atoms with Gasteiger partial charge in [-0.05, 0) is 23.7 Å². The van der Waals surface area contributed by atoms with E-state index < -0.39 is 0 Å². The fraction of sp³-hybridized carbons (Fsp3) is 0.250. The van der Waals surface area contributed by atoms with E-state index in [2.05, 4.69) is 10.0 Å². The first-order valence-corrected chi connectivity index (χ1v) is 3.63. The van der Waals surface area contributed by atoms with Gasteiger partial charge in [-0.2, -0.15) is 0 Å². The predicted octanol–water partition coefficient (Wildman–Crippen LogP) is 2.35. The molecule has 0 aliphatic rings. The van der Waals surface area contributed by atoms with Crippen LogP contribution in [-0.4, -0.2) is 11.1 Å². The summed E-state index contributed by atoms with van der Waals surface area (Å²) in [5.41, 5.74) is 9.10. The van der Waals surface area contributed by atoms with Gasteiger partial charge >= 0.3 is 0 Å². The Labute approximate surface area is 70.8 Å². The van der Waals surface area contributed by atoms with Crippen LogP contribution < -0.4 is 0 Å². The Hall–Kier alpha value is -1.67. The zero-order valence-corrected chi connectivity index (χ0v) is 6.88. The molecule has 62 valence electrons. The van der Waals surface area contributed by atoms with E-state index in [0.29, 0.717) is 6.54 Å². The third-order valence-corrected chi connectivity index (χ3v) is 1.52. The van der Waals surface area contributed by atoms with Crippen LogP contribution in [0.15, 0.2) is 29.5 Å². The van der Waals surface area contributed by atoms with Crippen molar-refractivity contribution in [2.45, 2.75) is 0 Å². The quantitative estimate of drug-likeness (QED) is 0.372. The number of azide groups is 1. The second-order valence-electron chi connectivity index (χ2n) is 2.36. The summed E-state index contributed by atoms with van der Waals surface area (Å²) in [6.45, 7) is 0.404. The summed E-state index contributed by atoms with van der Waals surface area (Å²) in [5.74, 6) is 0. The van der Waals surface area contributed by atoms with Crippen molar-refractivity contribution in [3.8, 4) is 0 Å². The first kappa shape index (κ1) is 8.43. The van der Waals surface area contributed by atoms with E-state index in [0.717, 1.165) is 5.69 Å². The summed E-state index contributed by atoms with van der Waals surface area (Å²) in [6, 6.07) is 3.96. The van der Waals surface area contributed by atoms with Gasteiger partial charge in [-0.3, -0.25) is 0 Å². The average molecular weight is 162 g/mol. The van der Waals surface area contributed by atoms with Crippen LogP contribution in [0.1, 0.15) is 5.69 Å². The Kier molecular flexibility index (Phi) is 2.99. The summed E-state index contributed by atoms with van der Waals surface area (Å²) < 4.78 is 1.99. The Morgan fingerprint density at radius 1 is 1.75 bits per heavy atom. The summed E-state index contributed by atoms with van der Waals surface area (Å²) in [5, 5.41) is 3.39. The lowest BCUT2D eigenvalue weighted by atomic mass is 10.4. The first-order valence-electron chi connectivity index (χ1n) is 3.63. The molecule has 1 aromatic heterocycles. The largest absolute Gasteiger partial charge is 0.351 e. The highest BCUT2D eigenvalue weighted by atomic mass is 15.1. The van der Waals surface area contributed by atoms with Crippen molar-refractivity contribution in [3.05, 3.63) is 40.5 Å². The molecule has 4 heteroatoms. The molecular formula is C8H10N4. The maximum atomic E-state index is 8.00. The van der Waals surface area contributed by atoms with Crippen molar-refractivity contribution >= 4 is 6.08 Å². The Morgan fingerprint density at radius 2 is 2.58 bits per heavy atom. The van der Waals surface area contributed by atoms with Gasteiger partial charge in [0, 0.05) is 30.4 Å². The molecule has 4 nitrogen and oxygen atoms in total. The number of aryl methyl sites for hydroxylation is 1. The fourth-order valence-electron chi connectivity index (χ4n) is 0.905. The van der Waals surface area contributed by atoms with E-state index in [9.17, 15) is 0 Å². The second kappa shape index (κ2) is 4.26. The second-order valence-corrected chi connectivity index (χ2v) is 2.36. The molecule has 0 radical (unpaired) electrons. The predicted molar refractivity (Wildman–Crippen MR) is 48.5 cm³/mol. The first-order chi connectivity index (χ1) is 5.84. The summed E-state index contributed by atoms with van der Waals surface area (Å²) in [6.07, 6.45) is 5.72. The molecule has 0 fully saturated rings. The molecule has 0 saturated carbocycles. The van der Waals surface area contributed by atoms with E-state index in [4.69, 9.17) is 5.53 Å². The van der Waals surface area contributed by atoms with Gasteiger partial charge in [0.25, 0.3) is 0 Å². The van der Waals surface area contributed by atoms with Crippen LogP contribution in [0, 0.1) is 0 Å². The Balaban J connectivity index is 2.57. The van der Waals surface area contributed by atoms with E-state index in [1.807, 2.05) is 42.1 Å². The highest BCUT2D eigenvalue weighted by molar-refractivity contribution is 5.45. The molecule has 0 aromatic carbocycles. The molecule has 0 amide bonds. The van der Waals surface area contributed by atoms with Crippen molar-refractivity contribution in [2.75, 3.05) is 6.54 Å². The molecule has 0 atom stereocenters. The van der Waals surface area contributed by atoms with Crippen molar-refractivity contribution in [2.24, 2.45) is 12.2 Å². The van der Waals surface area contributed by atoms with Crippen molar-refractivity contribution in [1.82, 2.24) is 4.57 Å². The summed E-state index contributed by atoms with van der Waals surface area (Å²) in [4.78, 5) is 2.64. The van der Waals surface area contributed by atoms with E-state index in [1.165, 1.54) is 0 Å². The highest BCUT2D eigenvalue weighted by Gasteiger charge is 1.87. The Bertz CT molecular complexity index is 318. The van der Waals surface area contributed by atoms with Gasteiger partial charge in [0.15, 0.2) is 0 Å². The standard InChI is InChI=1S/C8H10N4/c1-12-7-3-5-8(12)4-2-6-10-11-9/h2-5,7H,6H2,1H3. The van der Waals surface area contributed by atoms with Gasteiger partial charge in [0.1, 0.15) is 0 Å². The summed E-state index contributed by atoms with van der Waals surface area (Å²) in [7, 11) is 1.97. The van der Waals surface area contributed by atoms with Crippen LogP contribution >= 0.6 is 0 Å². The van der Waals surface area contributed by atoms with Crippen LogP contribution in [-0.2, 0) is 7.05 Å². The topological polar surface area (TPSA) is 53.7 Å². The molecule has 1 heterocycles. The van der Waals surface area contributed by atoms with Gasteiger partial charge in [-0.1, -0.05) is 11.2 Å². The number of nitrogens with zero attached hydrogens (tertiary/aromatic N) is 4. The fourth-order valence-corrected chi connectivity index (χ4v) is 0.905. The monoisotopic (exact) mass is 162 g/mol. The van der Waals surface area contributed by atoms with E-state index in [1.54, 1.807) is 0 Å². The third-order valence-electron chi connectivity index (χ3n) is 1.52. The van der Waals surface area contributed by atoms with Gasteiger partial charge in [-0.25, -0.2) is 0 Å². The molecule has 0 aliphatic heterocycles. The van der Waals surface area contributed by atoms with Gasteiger partial charge < -0.3 is 4.57 Å². The Morgan fingerprint density at radius 3 is 3.17 bits per heavy atom. The molecule has 1 aromatic rings. The van der Waals surface area contributed by atoms with Crippen LogP contribution in [0.2, 0.25) is 0 Å². The molecule has 0 unspecified atom stereocenters. The van der Waals surface area contributed by atoms with Gasteiger partial charge in [0.05, 0.1) is 0 Å². The lowest BCUT2D eigenvalue weighted by Gasteiger charge is -1.93. The number of rotatable bonds is 3. The minimum absolute atomic E-state index is 0.404. The normalized spacial score (nSPS) is 10.1. The number of hydrogen-bond donors (Lipinski definition) is 0. The minimum atomic E-state index is 0.404. The minimum Gasteiger partial charge on any atom is -0.351 e. The highest BCUT2D eigenvalue weighted by Crippen LogP contribution is 2.01. The van der Waals surface area contributed by atoms with Crippen molar-refractivity contribution < 1.29 is 0 Å².